The first-order chi connectivity index (χ1) is 4.33. The fourth-order valence-corrected chi connectivity index (χ4v) is 1.49. The second kappa shape index (κ2) is 3.14. The van der Waals surface area contributed by atoms with Crippen molar-refractivity contribution in [2.24, 2.45) is 0 Å². The number of hydrogen-bond donors (Lipinski definition) is 0. The van der Waals surface area contributed by atoms with Crippen LogP contribution in [0.4, 0.5) is 8.78 Å². The van der Waals surface area contributed by atoms with E-state index in [1.165, 1.54) is 6.92 Å². The third kappa shape index (κ3) is 4.49. The Balaban J connectivity index is 4.06. The van der Waals surface area contributed by atoms with Crippen LogP contribution in [0.5, 0.6) is 0 Å². The lowest BCUT2D eigenvalue weighted by molar-refractivity contribution is 0.327. The molecule has 0 heterocycles. The maximum atomic E-state index is 11.7. The van der Waals surface area contributed by atoms with Gasteiger partial charge in [-0.15, -0.1) is 0 Å². The maximum absolute atomic E-state index is 11.7. The van der Waals surface area contributed by atoms with Crippen LogP contribution in [-0.4, -0.2) is 8.32 Å². The molecular formula is C6H12F2OSi. The Morgan fingerprint density at radius 1 is 1.20 bits per heavy atom. The highest BCUT2D eigenvalue weighted by Crippen LogP contribution is 2.14. The van der Waals surface area contributed by atoms with Gasteiger partial charge in [0.25, 0.3) is 0 Å². The minimum Gasteiger partial charge on any atom is -0.544 e. The lowest BCUT2D eigenvalue weighted by Gasteiger charge is -2.18. The first-order valence-electron chi connectivity index (χ1n) is 3.04. The molecule has 0 saturated carbocycles. The summed E-state index contributed by atoms with van der Waals surface area (Å²) in [5, 5.41) is 0. The molecule has 0 aromatic heterocycles. The molecule has 0 aliphatic carbocycles. The molecule has 0 aliphatic rings. The summed E-state index contributed by atoms with van der Waals surface area (Å²) < 4.78 is 28.4. The molecule has 0 saturated heterocycles. The van der Waals surface area contributed by atoms with Crippen molar-refractivity contribution in [2.45, 2.75) is 26.6 Å². The topological polar surface area (TPSA) is 9.23 Å². The highest BCUT2D eigenvalue weighted by atomic mass is 28.4. The van der Waals surface area contributed by atoms with Gasteiger partial charge in [0.15, 0.2) is 0 Å². The van der Waals surface area contributed by atoms with Crippen molar-refractivity contribution in [2.75, 3.05) is 0 Å². The zero-order chi connectivity index (χ0) is 8.36. The van der Waals surface area contributed by atoms with Gasteiger partial charge in [-0.2, -0.15) is 8.78 Å². The highest BCUT2D eigenvalue weighted by molar-refractivity contribution is 6.70. The summed E-state index contributed by atoms with van der Waals surface area (Å²) in [5.41, 5.74) is 0. The quantitative estimate of drug-likeness (QED) is 0.452. The number of allylic oxidation sites excluding steroid dienone is 1. The van der Waals surface area contributed by atoms with Crippen molar-refractivity contribution in [3.63, 3.8) is 0 Å². The van der Waals surface area contributed by atoms with Crippen LogP contribution >= 0.6 is 0 Å². The Morgan fingerprint density at radius 3 is 1.70 bits per heavy atom. The maximum Gasteiger partial charge on any atom is 0.305 e. The molecule has 0 aliphatic heterocycles. The van der Waals surface area contributed by atoms with Crippen LogP contribution in [0.25, 0.3) is 0 Å². The van der Waals surface area contributed by atoms with E-state index in [1.807, 2.05) is 19.6 Å². The molecule has 4 heteroatoms. The first-order valence-corrected chi connectivity index (χ1v) is 6.44. The Morgan fingerprint density at radius 2 is 1.60 bits per heavy atom. The van der Waals surface area contributed by atoms with Crippen molar-refractivity contribution in [1.82, 2.24) is 0 Å². The van der Waals surface area contributed by atoms with Crippen molar-refractivity contribution in [1.29, 1.82) is 0 Å². The van der Waals surface area contributed by atoms with Crippen LogP contribution in [0.15, 0.2) is 11.8 Å². The molecule has 0 aromatic carbocycles. The van der Waals surface area contributed by atoms with Crippen molar-refractivity contribution in [3.05, 3.63) is 11.8 Å². The molecule has 0 amide bonds. The largest absolute Gasteiger partial charge is 0.544 e. The van der Waals surface area contributed by atoms with E-state index >= 15 is 0 Å². The molecule has 1 nitrogen and oxygen atoms in total. The lowest BCUT2D eigenvalue weighted by Crippen LogP contribution is -2.24. The van der Waals surface area contributed by atoms with Crippen LogP contribution in [0, 0.1) is 0 Å². The van der Waals surface area contributed by atoms with E-state index in [0.717, 1.165) is 0 Å². The van der Waals surface area contributed by atoms with Gasteiger partial charge >= 0.3 is 6.08 Å². The number of rotatable bonds is 2. The van der Waals surface area contributed by atoms with E-state index in [4.69, 9.17) is 4.43 Å². The number of halogens is 2. The average molecular weight is 166 g/mol. The standard InChI is InChI=1S/C6H12F2OSi/c1-5(6(7)8)9-10(2,3)4/h1-4H3. The molecule has 0 atom stereocenters. The van der Waals surface area contributed by atoms with E-state index in [0.29, 0.717) is 0 Å². The second-order valence-corrected chi connectivity index (χ2v) is 7.46. The van der Waals surface area contributed by atoms with E-state index in [9.17, 15) is 8.78 Å². The van der Waals surface area contributed by atoms with Gasteiger partial charge in [0.1, 0.15) is 5.76 Å². The summed E-state index contributed by atoms with van der Waals surface area (Å²) in [4.78, 5) is 0. The van der Waals surface area contributed by atoms with Gasteiger partial charge in [-0.25, -0.2) is 0 Å². The van der Waals surface area contributed by atoms with Gasteiger partial charge in [-0.1, -0.05) is 0 Å². The molecule has 0 radical (unpaired) electrons. The Labute approximate surface area is 60.8 Å². The predicted octanol–water partition coefficient (Wildman–Crippen LogP) is 2.97. The second-order valence-electron chi connectivity index (χ2n) is 3.03. The van der Waals surface area contributed by atoms with Gasteiger partial charge < -0.3 is 4.43 Å². The molecule has 0 rings (SSSR count). The zero-order valence-corrected chi connectivity index (χ0v) is 7.66. The fraction of sp³-hybridized carbons (Fsp3) is 0.667. The lowest BCUT2D eigenvalue weighted by atomic mass is 10.6. The van der Waals surface area contributed by atoms with E-state index in [-0.39, 0.29) is 5.76 Å². The Bertz CT molecular complexity index is 144. The normalized spacial score (nSPS) is 11.0. The van der Waals surface area contributed by atoms with E-state index < -0.39 is 14.4 Å². The summed E-state index contributed by atoms with van der Waals surface area (Å²) in [7, 11) is -1.82. The molecule has 0 spiro atoms. The molecular weight excluding hydrogens is 154 g/mol. The summed E-state index contributed by atoms with van der Waals surface area (Å²) in [6.45, 7) is 6.87. The van der Waals surface area contributed by atoms with E-state index in [1.54, 1.807) is 0 Å². The van der Waals surface area contributed by atoms with Crippen LogP contribution in [0.2, 0.25) is 19.6 Å². The molecule has 0 aromatic rings. The number of hydrogen-bond acceptors (Lipinski definition) is 1. The van der Waals surface area contributed by atoms with Crippen molar-refractivity contribution in [3.8, 4) is 0 Å². The Hall–Kier alpha value is -0.383. The van der Waals surface area contributed by atoms with Gasteiger partial charge in [-0.05, 0) is 26.6 Å². The summed E-state index contributed by atoms with van der Waals surface area (Å²) in [6.07, 6.45) is -1.72. The third-order valence-corrected chi connectivity index (χ3v) is 1.64. The van der Waals surface area contributed by atoms with Gasteiger partial charge in [-0.3, -0.25) is 0 Å². The Kier molecular flexibility index (Phi) is 3.02. The smallest absolute Gasteiger partial charge is 0.305 e. The molecule has 10 heavy (non-hydrogen) atoms. The third-order valence-electron chi connectivity index (χ3n) is 0.725. The molecule has 0 N–H and O–H groups in total. The highest BCUT2D eigenvalue weighted by Gasteiger charge is 2.17. The van der Waals surface area contributed by atoms with Gasteiger partial charge in [0, 0.05) is 0 Å². The minimum atomic E-state index is -1.82. The molecule has 0 fully saturated rings. The molecule has 0 bridgehead atoms. The fourth-order valence-electron chi connectivity index (χ4n) is 0.498. The summed E-state index contributed by atoms with van der Waals surface area (Å²) in [6, 6.07) is 0. The average Bonchev–Trinajstić information content (AvgIpc) is 1.60. The predicted molar refractivity (Wildman–Crippen MR) is 39.3 cm³/mol. The van der Waals surface area contributed by atoms with Crippen molar-refractivity contribution >= 4 is 8.32 Å². The summed E-state index contributed by atoms with van der Waals surface area (Å²) >= 11 is 0. The molecule has 60 valence electrons. The summed E-state index contributed by atoms with van der Waals surface area (Å²) in [5.74, 6) is -0.237. The van der Waals surface area contributed by atoms with Crippen LogP contribution in [0.1, 0.15) is 6.92 Å². The van der Waals surface area contributed by atoms with Gasteiger partial charge in [0.2, 0.25) is 8.32 Å². The first kappa shape index (κ1) is 9.62. The SMILES string of the molecule is CC(O[Si](C)(C)C)=C(F)F. The monoisotopic (exact) mass is 166 g/mol. The van der Waals surface area contributed by atoms with Crippen LogP contribution in [0.3, 0.4) is 0 Å². The van der Waals surface area contributed by atoms with E-state index in [2.05, 4.69) is 0 Å². The minimum absolute atomic E-state index is 0.237. The van der Waals surface area contributed by atoms with Crippen molar-refractivity contribution < 1.29 is 13.2 Å². The van der Waals surface area contributed by atoms with Crippen LogP contribution < -0.4 is 0 Å². The zero-order valence-electron chi connectivity index (χ0n) is 6.66. The molecule has 0 unspecified atom stereocenters. The van der Waals surface area contributed by atoms with Crippen LogP contribution in [-0.2, 0) is 4.43 Å². The van der Waals surface area contributed by atoms with Gasteiger partial charge in [0.05, 0.1) is 0 Å².